The number of rotatable bonds is 11. The lowest BCUT2D eigenvalue weighted by atomic mass is 10.1. The molecule has 0 unspecified atom stereocenters. The summed E-state index contributed by atoms with van der Waals surface area (Å²) in [4.78, 5) is 38.5. The minimum atomic E-state index is -0.942. The van der Waals surface area contributed by atoms with E-state index < -0.39 is 29.8 Å². The summed E-state index contributed by atoms with van der Waals surface area (Å²) in [6.45, 7) is 7.35. The molecule has 0 aliphatic rings. The lowest BCUT2D eigenvalue weighted by Crippen LogP contribution is -2.47. The molecule has 2 atom stereocenters. The molecule has 0 aliphatic carbocycles. The standard InChI is InChI=1S/C15H25N3O5/c1-5-13(22-6-2)14(20)18-12(15(21)23-10(3)4)8-7-11(19)9-17-16/h9-10,12-13,16H,5-8H2,1-4H3/p+1/t12-,13-/m0/s1. The Kier molecular flexibility index (Phi) is 10.5. The van der Waals surface area contributed by atoms with E-state index in [-0.39, 0.29) is 18.9 Å². The van der Waals surface area contributed by atoms with E-state index in [0.717, 1.165) is 6.21 Å². The molecule has 0 saturated heterocycles. The van der Waals surface area contributed by atoms with Gasteiger partial charge in [0.15, 0.2) is 0 Å². The second-order valence-electron chi connectivity index (χ2n) is 5.16. The molecular formula is C15H26N3O5+. The van der Waals surface area contributed by atoms with Gasteiger partial charge in [-0.3, -0.25) is 9.59 Å². The zero-order valence-electron chi connectivity index (χ0n) is 14.1. The van der Waals surface area contributed by atoms with Gasteiger partial charge in [0.05, 0.1) is 16.4 Å². The number of carbonyl (C=O) groups excluding carboxylic acids is 3. The molecule has 8 heteroatoms. The first-order chi connectivity index (χ1) is 10.8. The highest BCUT2D eigenvalue weighted by Crippen LogP contribution is 2.06. The molecule has 0 aromatic rings. The second-order valence-corrected chi connectivity index (χ2v) is 5.16. The van der Waals surface area contributed by atoms with Crippen molar-refractivity contribution in [1.82, 2.24) is 5.32 Å². The highest BCUT2D eigenvalue weighted by Gasteiger charge is 2.27. The normalized spacial score (nSPS) is 12.9. The molecule has 2 N–H and O–H groups in total. The van der Waals surface area contributed by atoms with Crippen molar-refractivity contribution in [3.63, 3.8) is 0 Å². The van der Waals surface area contributed by atoms with Crippen LogP contribution in [0.15, 0.2) is 0 Å². The van der Waals surface area contributed by atoms with Crippen LogP contribution in [0, 0.1) is 5.53 Å². The van der Waals surface area contributed by atoms with E-state index in [1.54, 1.807) is 27.7 Å². The summed E-state index contributed by atoms with van der Waals surface area (Å²) in [5.41, 5.74) is 6.61. The molecule has 23 heavy (non-hydrogen) atoms. The minimum absolute atomic E-state index is 0.0219. The SMILES string of the molecule is CCO[C@@H](CC)C(=O)N[C@@H](CCC(=O)C=[N+]=N)C(=O)OC(C)C. The molecule has 0 spiro atoms. The van der Waals surface area contributed by atoms with E-state index in [0.29, 0.717) is 13.0 Å². The van der Waals surface area contributed by atoms with Gasteiger partial charge < -0.3 is 14.8 Å². The summed E-state index contributed by atoms with van der Waals surface area (Å²) >= 11 is 0. The number of hydrogen-bond acceptors (Lipinski definition) is 6. The molecular weight excluding hydrogens is 302 g/mol. The lowest BCUT2D eigenvalue weighted by molar-refractivity contribution is -0.153. The molecule has 130 valence electrons. The number of nitrogens with one attached hydrogen (secondary N) is 2. The van der Waals surface area contributed by atoms with Crippen LogP contribution in [0.5, 0.6) is 0 Å². The zero-order chi connectivity index (χ0) is 17.8. The predicted molar refractivity (Wildman–Crippen MR) is 82.1 cm³/mol. The molecule has 0 aliphatic heterocycles. The smallest absolute Gasteiger partial charge is 0.372 e. The Morgan fingerprint density at radius 1 is 1.26 bits per heavy atom. The summed E-state index contributed by atoms with van der Waals surface area (Å²) < 4.78 is 10.4. The van der Waals surface area contributed by atoms with Crippen molar-refractivity contribution in [2.24, 2.45) is 0 Å². The van der Waals surface area contributed by atoms with Gasteiger partial charge >= 0.3 is 12.2 Å². The highest BCUT2D eigenvalue weighted by molar-refractivity contribution is 6.25. The van der Waals surface area contributed by atoms with Crippen LogP contribution in [0.4, 0.5) is 0 Å². The number of carbonyl (C=O) groups is 3. The number of hydrogen-bond donors (Lipinski definition) is 2. The van der Waals surface area contributed by atoms with Crippen LogP contribution in [-0.4, -0.2) is 53.5 Å². The minimum Gasteiger partial charge on any atom is -0.461 e. The third kappa shape index (κ3) is 8.85. The Bertz CT molecular complexity index is 458. The number of nitrogens with zero attached hydrogens (tertiary/aromatic N) is 1. The maximum absolute atomic E-state index is 12.2. The molecule has 0 aromatic heterocycles. The fraction of sp³-hybridized carbons (Fsp3) is 0.733. The van der Waals surface area contributed by atoms with E-state index in [1.165, 1.54) is 0 Å². The van der Waals surface area contributed by atoms with E-state index in [2.05, 4.69) is 10.1 Å². The molecule has 0 saturated carbocycles. The largest absolute Gasteiger partial charge is 0.461 e. The average molecular weight is 328 g/mol. The maximum atomic E-state index is 12.2. The van der Waals surface area contributed by atoms with Gasteiger partial charge in [0.2, 0.25) is 11.7 Å². The number of ketones is 1. The Morgan fingerprint density at radius 2 is 1.91 bits per heavy atom. The zero-order valence-corrected chi connectivity index (χ0v) is 14.1. The number of esters is 1. The van der Waals surface area contributed by atoms with Crippen molar-refractivity contribution in [3.8, 4) is 0 Å². The van der Waals surface area contributed by atoms with Crippen molar-refractivity contribution in [2.45, 2.75) is 65.2 Å². The predicted octanol–water partition coefficient (Wildman–Crippen LogP) is 0.897. The van der Waals surface area contributed by atoms with Crippen LogP contribution in [0.25, 0.3) is 0 Å². The summed E-state index contributed by atoms with van der Waals surface area (Å²) in [5, 5.41) is 2.57. The van der Waals surface area contributed by atoms with E-state index in [9.17, 15) is 14.4 Å². The van der Waals surface area contributed by atoms with Crippen molar-refractivity contribution in [3.05, 3.63) is 0 Å². The van der Waals surface area contributed by atoms with Crippen molar-refractivity contribution in [1.29, 1.82) is 5.53 Å². The molecule has 0 radical (unpaired) electrons. The Morgan fingerprint density at radius 3 is 2.39 bits per heavy atom. The maximum Gasteiger partial charge on any atom is 0.372 e. The summed E-state index contributed by atoms with van der Waals surface area (Å²) in [6, 6.07) is -0.942. The molecule has 0 bridgehead atoms. The summed E-state index contributed by atoms with van der Waals surface area (Å²) in [7, 11) is 0. The van der Waals surface area contributed by atoms with Crippen LogP contribution < -0.4 is 5.32 Å². The van der Waals surface area contributed by atoms with E-state index in [4.69, 9.17) is 15.0 Å². The molecule has 0 aromatic carbocycles. The van der Waals surface area contributed by atoms with Crippen LogP contribution >= 0.6 is 0 Å². The van der Waals surface area contributed by atoms with Gasteiger partial charge in [0, 0.05) is 13.0 Å². The average Bonchev–Trinajstić information content (AvgIpc) is 2.48. The van der Waals surface area contributed by atoms with Gasteiger partial charge in [-0.2, -0.15) is 0 Å². The third-order valence-electron chi connectivity index (χ3n) is 2.87. The van der Waals surface area contributed by atoms with Gasteiger partial charge in [0.1, 0.15) is 12.1 Å². The molecule has 8 nitrogen and oxygen atoms in total. The quantitative estimate of drug-likeness (QED) is 0.253. The van der Waals surface area contributed by atoms with Gasteiger partial charge in [-0.1, -0.05) is 6.92 Å². The molecule has 0 rings (SSSR count). The van der Waals surface area contributed by atoms with Crippen molar-refractivity contribution >= 4 is 23.9 Å². The first-order valence-corrected chi connectivity index (χ1v) is 7.70. The number of Topliss-reactive ketones (excluding diaryl/α,β-unsaturated/α-hetero) is 1. The molecule has 0 heterocycles. The molecule has 1 amide bonds. The summed E-state index contributed by atoms with van der Waals surface area (Å²) in [6.07, 6.45) is 0.398. The topological polar surface area (TPSA) is 120 Å². The Labute approximate surface area is 136 Å². The van der Waals surface area contributed by atoms with Crippen LogP contribution in [0.3, 0.4) is 0 Å². The fourth-order valence-corrected chi connectivity index (χ4v) is 1.83. The monoisotopic (exact) mass is 328 g/mol. The van der Waals surface area contributed by atoms with Gasteiger partial charge in [0.25, 0.3) is 0 Å². The van der Waals surface area contributed by atoms with Crippen LogP contribution in [0.1, 0.15) is 47.0 Å². The van der Waals surface area contributed by atoms with Crippen molar-refractivity contribution < 1.29 is 28.6 Å². The third-order valence-corrected chi connectivity index (χ3v) is 2.87. The van der Waals surface area contributed by atoms with Crippen LogP contribution in [-0.2, 0) is 23.9 Å². The summed E-state index contributed by atoms with van der Waals surface area (Å²) in [5.74, 6) is -1.41. The van der Waals surface area contributed by atoms with Gasteiger partial charge in [-0.05, 0) is 33.6 Å². The first-order valence-electron chi connectivity index (χ1n) is 7.70. The number of amides is 1. The number of ether oxygens (including phenoxy) is 2. The van der Waals surface area contributed by atoms with Gasteiger partial charge in [-0.25, -0.2) is 4.79 Å². The van der Waals surface area contributed by atoms with Crippen LogP contribution in [0.2, 0.25) is 0 Å². The van der Waals surface area contributed by atoms with E-state index >= 15 is 0 Å². The highest BCUT2D eigenvalue weighted by atomic mass is 16.5. The Balaban J connectivity index is 4.89. The second kappa shape index (κ2) is 11.5. The Hall–Kier alpha value is -2.05. The van der Waals surface area contributed by atoms with Crippen molar-refractivity contribution in [2.75, 3.05) is 6.61 Å². The molecule has 0 fully saturated rings. The van der Waals surface area contributed by atoms with E-state index in [1.807, 2.05) is 0 Å². The lowest BCUT2D eigenvalue weighted by Gasteiger charge is -2.21. The first kappa shape index (κ1) is 20.9. The fourth-order valence-electron chi connectivity index (χ4n) is 1.83. The van der Waals surface area contributed by atoms with Gasteiger partial charge in [-0.15, -0.1) is 0 Å².